The van der Waals surface area contributed by atoms with E-state index in [1.807, 2.05) is 18.2 Å². The molecule has 0 bridgehead atoms. The van der Waals surface area contributed by atoms with E-state index < -0.39 is 11.7 Å². The minimum atomic E-state index is -4.35. The van der Waals surface area contributed by atoms with Gasteiger partial charge in [-0.05, 0) is 24.3 Å². The van der Waals surface area contributed by atoms with E-state index in [9.17, 15) is 13.2 Å². The molecule has 0 aliphatic heterocycles. The molecule has 0 aromatic carbocycles. The van der Waals surface area contributed by atoms with Crippen LogP contribution in [-0.4, -0.2) is 17.0 Å². The van der Waals surface area contributed by atoms with Crippen LogP contribution >= 0.6 is 11.8 Å². The summed E-state index contributed by atoms with van der Waals surface area (Å²) in [6.07, 6.45) is -3.50. The van der Waals surface area contributed by atoms with Crippen LogP contribution in [0.25, 0.3) is 0 Å². The third-order valence-electron chi connectivity index (χ3n) is 2.49. The molecule has 106 valence electrons. The van der Waals surface area contributed by atoms with Gasteiger partial charge in [-0.25, -0.2) is 9.97 Å². The van der Waals surface area contributed by atoms with Crippen molar-refractivity contribution in [1.82, 2.24) is 9.97 Å². The largest absolute Gasteiger partial charge is 0.417 e. The van der Waals surface area contributed by atoms with Crippen LogP contribution in [0.3, 0.4) is 0 Å². The number of hydrogen-bond acceptors (Lipinski definition) is 4. The van der Waals surface area contributed by atoms with E-state index in [1.54, 1.807) is 7.05 Å². The van der Waals surface area contributed by atoms with Gasteiger partial charge >= 0.3 is 6.18 Å². The summed E-state index contributed by atoms with van der Waals surface area (Å²) >= 11 is 1.34. The number of aromatic nitrogens is 2. The second-order valence-electron chi connectivity index (χ2n) is 3.94. The van der Waals surface area contributed by atoms with Crippen molar-refractivity contribution in [2.24, 2.45) is 0 Å². The Bertz CT molecular complexity index is 570. The molecule has 0 amide bonds. The molecule has 0 aliphatic carbocycles. The molecule has 20 heavy (non-hydrogen) atoms. The minimum absolute atomic E-state index is 0.537. The summed E-state index contributed by atoms with van der Waals surface area (Å²) in [5.74, 6) is 1.30. The average molecular weight is 299 g/mol. The molecule has 2 aromatic heterocycles. The Labute approximate surface area is 118 Å². The van der Waals surface area contributed by atoms with Gasteiger partial charge in [0.2, 0.25) is 0 Å². The molecule has 7 heteroatoms. The van der Waals surface area contributed by atoms with E-state index in [2.05, 4.69) is 15.3 Å². The van der Waals surface area contributed by atoms with Crippen LogP contribution in [0.15, 0.2) is 41.6 Å². The van der Waals surface area contributed by atoms with Crippen molar-refractivity contribution in [3.8, 4) is 0 Å². The van der Waals surface area contributed by atoms with Crippen LogP contribution < -0.4 is 5.32 Å². The summed E-state index contributed by atoms with van der Waals surface area (Å²) in [4.78, 5) is 8.13. The molecule has 0 saturated heterocycles. The maximum Gasteiger partial charge on any atom is 0.417 e. The predicted octanol–water partition coefficient (Wildman–Crippen LogP) is 3.83. The summed E-state index contributed by atoms with van der Waals surface area (Å²) in [6, 6.07) is 7.97. The van der Waals surface area contributed by atoms with Gasteiger partial charge in [-0.15, -0.1) is 11.8 Å². The number of nitrogens with zero attached hydrogens (tertiary/aromatic N) is 2. The Kier molecular flexibility index (Phi) is 4.49. The van der Waals surface area contributed by atoms with Gasteiger partial charge < -0.3 is 5.32 Å². The molecule has 0 saturated carbocycles. The maximum atomic E-state index is 12.4. The lowest BCUT2D eigenvalue weighted by Crippen LogP contribution is -2.05. The smallest absolute Gasteiger partial charge is 0.373 e. The molecule has 0 radical (unpaired) electrons. The van der Waals surface area contributed by atoms with Crippen molar-refractivity contribution in [3.63, 3.8) is 0 Å². The Morgan fingerprint density at radius 3 is 2.60 bits per heavy atom. The highest BCUT2D eigenvalue weighted by Crippen LogP contribution is 2.30. The Morgan fingerprint density at radius 2 is 2.00 bits per heavy atom. The van der Waals surface area contributed by atoms with Crippen LogP contribution in [0.5, 0.6) is 0 Å². The monoisotopic (exact) mass is 299 g/mol. The molecule has 0 spiro atoms. The Hall–Kier alpha value is -1.76. The molecule has 0 aliphatic rings. The highest BCUT2D eigenvalue weighted by molar-refractivity contribution is 7.98. The lowest BCUT2D eigenvalue weighted by atomic mass is 10.3. The van der Waals surface area contributed by atoms with E-state index in [0.717, 1.165) is 23.8 Å². The third-order valence-corrected chi connectivity index (χ3v) is 3.47. The number of pyridine rings is 2. The average Bonchev–Trinajstić information content (AvgIpc) is 2.45. The molecular formula is C13H12F3N3S. The first-order valence-corrected chi connectivity index (χ1v) is 6.77. The number of rotatable bonds is 4. The highest BCUT2D eigenvalue weighted by Gasteiger charge is 2.30. The second-order valence-corrected chi connectivity index (χ2v) is 4.93. The molecule has 2 rings (SSSR count). The van der Waals surface area contributed by atoms with Crippen molar-refractivity contribution in [2.75, 3.05) is 12.4 Å². The third kappa shape index (κ3) is 3.86. The standard InChI is InChI=1S/C13H12F3N3S/c1-17-11-4-2-3-10(19-11)8-20-12-6-5-9(7-18-12)13(14,15)16/h2-7H,8H2,1H3,(H,17,19). The fraction of sp³-hybridized carbons (Fsp3) is 0.231. The molecule has 2 aromatic rings. The van der Waals surface area contributed by atoms with E-state index in [4.69, 9.17) is 0 Å². The molecule has 3 nitrogen and oxygen atoms in total. The second kappa shape index (κ2) is 6.13. The van der Waals surface area contributed by atoms with Gasteiger partial charge in [0.25, 0.3) is 0 Å². The summed E-state index contributed by atoms with van der Waals surface area (Å²) in [7, 11) is 1.77. The van der Waals surface area contributed by atoms with E-state index in [0.29, 0.717) is 10.8 Å². The van der Waals surface area contributed by atoms with Crippen LogP contribution in [0, 0.1) is 0 Å². The van der Waals surface area contributed by atoms with E-state index >= 15 is 0 Å². The Balaban J connectivity index is 2.00. The predicted molar refractivity (Wildman–Crippen MR) is 72.6 cm³/mol. The number of hydrogen-bond donors (Lipinski definition) is 1. The molecule has 1 N–H and O–H groups in total. The topological polar surface area (TPSA) is 37.8 Å². The minimum Gasteiger partial charge on any atom is -0.373 e. The SMILES string of the molecule is CNc1cccc(CSc2ccc(C(F)(F)F)cn2)n1. The summed E-state index contributed by atoms with van der Waals surface area (Å²) in [5, 5.41) is 3.47. The van der Waals surface area contributed by atoms with Crippen molar-refractivity contribution in [1.29, 1.82) is 0 Å². The van der Waals surface area contributed by atoms with Crippen molar-refractivity contribution in [3.05, 3.63) is 47.8 Å². The van der Waals surface area contributed by atoms with Gasteiger partial charge in [0.05, 0.1) is 16.3 Å². The van der Waals surface area contributed by atoms with Gasteiger partial charge in [-0.2, -0.15) is 13.2 Å². The first kappa shape index (κ1) is 14.6. The summed E-state index contributed by atoms with van der Waals surface area (Å²) in [6.45, 7) is 0. The zero-order valence-electron chi connectivity index (χ0n) is 10.6. The maximum absolute atomic E-state index is 12.4. The van der Waals surface area contributed by atoms with Crippen molar-refractivity contribution >= 4 is 17.6 Å². The number of halogens is 3. The molecule has 0 fully saturated rings. The first-order valence-electron chi connectivity index (χ1n) is 5.79. The van der Waals surface area contributed by atoms with Gasteiger partial charge in [0.1, 0.15) is 5.82 Å². The Morgan fingerprint density at radius 1 is 1.20 bits per heavy atom. The summed E-state index contributed by atoms with van der Waals surface area (Å²) in [5.41, 5.74) is 0.0979. The van der Waals surface area contributed by atoms with Gasteiger partial charge in [0.15, 0.2) is 0 Å². The van der Waals surface area contributed by atoms with E-state index in [-0.39, 0.29) is 0 Å². The van der Waals surface area contributed by atoms with Gasteiger partial charge in [0, 0.05) is 19.0 Å². The normalized spacial score (nSPS) is 11.4. The summed E-state index contributed by atoms with van der Waals surface area (Å²) < 4.78 is 37.2. The molecular weight excluding hydrogens is 287 g/mol. The molecule has 0 atom stereocenters. The van der Waals surface area contributed by atoms with Gasteiger partial charge in [-0.3, -0.25) is 0 Å². The van der Waals surface area contributed by atoms with Gasteiger partial charge in [-0.1, -0.05) is 6.07 Å². The van der Waals surface area contributed by atoms with Crippen LogP contribution in [0.1, 0.15) is 11.3 Å². The zero-order valence-corrected chi connectivity index (χ0v) is 11.4. The number of nitrogens with one attached hydrogen (secondary N) is 1. The lowest BCUT2D eigenvalue weighted by Gasteiger charge is -2.07. The number of alkyl halides is 3. The fourth-order valence-corrected chi connectivity index (χ4v) is 2.23. The van der Waals surface area contributed by atoms with E-state index in [1.165, 1.54) is 17.8 Å². The number of anilines is 1. The highest BCUT2D eigenvalue weighted by atomic mass is 32.2. The zero-order chi connectivity index (χ0) is 14.6. The van der Waals surface area contributed by atoms with Crippen LogP contribution in [-0.2, 0) is 11.9 Å². The lowest BCUT2D eigenvalue weighted by molar-refractivity contribution is -0.137. The fourth-order valence-electron chi connectivity index (χ4n) is 1.48. The van der Waals surface area contributed by atoms with Crippen molar-refractivity contribution in [2.45, 2.75) is 17.0 Å². The van der Waals surface area contributed by atoms with Crippen LogP contribution in [0.2, 0.25) is 0 Å². The first-order chi connectivity index (χ1) is 9.49. The van der Waals surface area contributed by atoms with Crippen LogP contribution in [0.4, 0.5) is 19.0 Å². The number of thioether (sulfide) groups is 1. The quantitative estimate of drug-likeness (QED) is 0.871. The molecule has 0 unspecified atom stereocenters. The van der Waals surface area contributed by atoms with Crippen molar-refractivity contribution < 1.29 is 13.2 Å². The molecule has 2 heterocycles.